The van der Waals surface area contributed by atoms with Gasteiger partial charge in [-0.3, -0.25) is 0 Å². The summed E-state index contributed by atoms with van der Waals surface area (Å²) in [5.41, 5.74) is 7.44. The second-order valence-corrected chi connectivity index (χ2v) is 4.89. The van der Waals surface area contributed by atoms with Crippen LogP contribution in [-0.4, -0.2) is 0 Å². The first-order chi connectivity index (χ1) is 6.11. The molecule has 0 bridgehead atoms. The molecule has 0 aliphatic rings. The Balaban J connectivity index is 3.39. The number of alkyl halides is 2. The monoisotopic (exact) mass is 400 g/mol. The van der Waals surface area contributed by atoms with E-state index in [0.717, 1.165) is 8.86 Å². The molecule has 0 fully saturated rings. The highest BCUT2D eigenvalue weighted by Crippen LogP contribution is 2.25. The van der Waals surface area contributed by atoms with Crippen LogP contribution in [0.2, 0.25) is 0 Å². The highest BCUT2D eigenvalue weighted by molar-refractivity contribution is 14.1. The highest BCUT2D eigenvalue weighted by atomic mass is 127. The van der Waals surface area contributed by atoms with Crippen LogP contribution in [-0.2, 0) is 8.86 Å². The molecule has 1 aromatic carbocycles. The zero-order valence-electron chi connectivity index (χ0n) is 8.25. The average molecular weight is 400 g/mol. The number of benzene rings is 1. The van der Waals surface area contributed by atoms with Crippen molar-refractivity contribution in [1.82, 2.24) is 0 Å². The molecule has 0 aliphatic heterocycles. The Morgan fingerprint density at radius 3 is 1.62 bits per heavy atom. The van der Waals surface area contributed by atoms with Gasteiger partial charge in [-0.25, -0.2) is 0 Å². The lowest BCUT2D eigenvalue weighted by atomic mass is 9.95. The van der Waals surface area contributed by atoms with Gasteiger partial charge in [-0.1, -0.05) is 51.2 Å². The number of halogens is 2. The predicted molar refractivity (Wildman–Crippen MR) is 76.1 cm³/mol. The van der Waals surface area contributed by atoms with Gasteiger partial charge in [-0.15, -0.1) is 0 Å². The highest BCUT2D eigenvalue weighted by Gasteiger charge is 2.08. The SMILES string of the molecule is Cc1cc(C)c(CI)c(C)c1CI. The van der Waals surface area contributed by atoms with E-state index in [4.69, 9.17) is 0 Å². The molecule has 2 heteroatoms. The van der Waals surface area contributed by atoms with Crippen LogP contribution in [0.3, 0.4) is 0 Å². The lowest BCUT2D eigenvalue weighted by Gasteiger charge is -2.14. The molecule has 0 saturated heterocycles. The summed E-state index contributed by atoms with van der Waals surface area (Å²) in [6.45, 7) is 6.68. The van der Waals surface area contributed by atoms with Crippen molar-refractivity contribution in [3.05, 3.63) is 33.9 Å². The zero-order valence-corrected chi connectivity index (χ0v) is 12.6. The molecule has 0 aromatic heterocycles. The van der Waals surface area contributed by atoms with Gasteiger partial charge >= 0.3 is 0 Å². The third-order valence-electron chi connectivity index (χ3n) is 2.56. The van der Waals surface area contributed by atoms with Crippen LogP contribution in [0.5, 0.6) is 0 Å². The first-order valence-corrected chi connectivity index (χ1v) is 7.37. The fourth-order valence-corrected chi connectivity index (χ4v) is 4.03. The van der Waals surface area contributed by atoms with E-state index in [2.05, 4.69) is 72.0 Å². The van der Waals surface area contributed by atoms with Gasteiger partial charge in [0, 0.05) is 8.86 Å². The molecule has 0 N–H and O–H groups in total. The minimum absolute atomic E-state index is 1.12. The summed E-state index contributed by atoms with van der Waals surface area (Å²) >= 11 is 4.89. The van der Waals surface area contributed by atoms with E-state index in [1.165, 1.54) is 27.8 Å². The quantitative estimate of drug-likeness (QED) is 0.508. The van der Waals surface area contributed by atoms with Crippen LogP contribution in [0.4, 0.5) is 0 Å². The first kappa shape index (κ1) is 11.8. The minimum Gasteiger partial charge on any atom is -0.0812 e. The Bertz CT molecular complexity index is 288. The number of aryl methyl sites for hydroxylation is 2. The summed E-state index contributed by atoms with van der Waals surface area (Å²) < 4.78 is 2.25. The van der Waals surface area contributed by atoms with Crippen molar-refractivity contribution in [2.75, 3.05) is 0 Å². The van der Waals surface area contributed by atoms with E-state index in [1.54, 1.807) is 0 Å². The second-order valence-electron chi connectivity index (χ2n) is 3.36. The molecule has 0 amide bonds. The van der Waals surface area contributed by atoms with Crippen molar-refractivity contribution >= 4 is 45.2 Å². The van der Waals surface area contributed by atoms with Crippen molar-refractivity contribution in [1.29, 1.82) is 0 Å². The van der Waals surface area contributed by atoms with Gasteiger partial charge in [-0.2, -0.15) is 0 Å². The lowest BCUT2D eigenvalue weighted by molar-refractivity contribution is 1.17. The fraction of sp³-hybridized carbons (Fsp3) is 0.455. The van der Waals surface area contributed by atoms with Crippen molar-refractivity contribution in [3.8, 4) is 0 Å². The predicted octanol–water partition coefficient (Wildman–Crippen LogP) is 4.48. The van der Waals surface area contributed by atoms with Crippen LogP contribution in [0.25, 0.3) is 0 Å². The molecule has 0 aliphatic carbocycles. The van der Waals surface area contributed by atoms with Gasteiger partial charge in [-0.05, 0) is 48.6 Å². The van der Waals surface area contributed by atoms with Gasteiger partial charge in [0.05, 0.1) is 0 Å². The molecule has 13 heavy (non-hydrogen) atoms. The van der Waals surface area contributed by atoms with E-state index >= 15 is 0 Å². The van der Waals surface area contributed by atoms with Gasteiger partial charge < -0.3 is 0 Å². The Hall–Kier alpha value is 0.680. The van der Waals surface area contributed by atoms with Crippen molar-refractivity contribution in [3.63, 3.8) is 0 Å². The standard InChI is InChI=1S/C11H14I2/c1-7-4-8(2)11(6-13)9(3)10(7)5-12/h4H,5-6H2,1-3H3. The first-order valence-electron chi connectivity index (χ1n) is 4.32. The lowest BCUT2D eigenvalue weighted by Crippen LogP contribution is -1.98. The van der Waals surface area contributed by atoms with Crippen LogP contribution in [0.1, 0.15) is 27.8 Å². The molecule has 1 rings (SSSR count). The molecule has 72 valence electrons. The van der Waals surface area contributed by atoms with Gasteiger partial charge in [0.25, 0.3) is 0 Å². The van der Waals surface area contributed by atoms with Crippen LogP contribution in [0.15, 0.2) is 6.07 Å². The van der Waals surface area contributed by atoms with Crippen molar-refractivity contribution in [2.45, 2.75) is 29.6 Å². The van der Waals surface area contributed by atoms with Crippen LogP contribution >= 0.6 is 45.2 Å². The topological polar surface area (TPSA) is 0 Å². The maximum Gasteiger partial charge on any atom is 0.0252 e. The molecular formula is C11H14I2. The number of rotatable bonds is 2. The van der Waals surface area contributed by atoms with Crippen molar-refractivity contribution < 1.29 is 0 Å². The summed E-state index contributed by atoms with van der Waals surface area (Å²) in [4.78, 5) is 0. The third kappa shape index (κ3) is 2.37. The summed E-state index contributed by atoms with van der Waals surface area (Å²) in [5, 5.41) is 0. The second kappa shape index (κ2) is 4.96. The molecule has 0 heterocycles. The van der Waals surface area contributed by atoms with E-state index < -0.39 is 0 Å². The maximum atomic E-state index is 2.45. The smallest absolute Gasteiger partial charge is 0.0252 e. The largest absolute Gasteiger partial charge is 0.0812 e. The summed E-state index contributed by atoms with van der Waals surface area (Å²) in [7, 11) is 0. The maximum absolute atomic E-state index is 2.45. The average Bonchev–Trinajstić information content (AvgIpc) is 2.04. The number of hydrogen-bond donors (Lipinski definition) is 0. The fourth-order valence-electron chi connectivity index (χ4n) is 1.68. The zero-order chi connectivity index (χ0) is 10.0. The minimum atomic E-state index is 1.12. The number of hydrogen-bond acceptors (Lipinski definition) is 0. The molecule has 0 nitrogen and oxygen atoms in total. The van der Waals surface area contributed by atoms with Gasteiger partial charge in [0.15, 0.2) is 0 Å². The Morgan fingerprint density at radius 2 is 1.31 bits per heavy atom. The summed E-state index contributed by atoms with van der Waals surface area (Å²) in [5.74, 6) is 0. The van der Waals surface area contributed by atoms with E-state index in [0.29, 0.717) is 0 Å². The normalized spacial score (nSPS) is 10.5. The Labute approximate surface area is 108 Å². The molecule has 0 unspecified atom stereocenters. The van der Waals surface area contributed by atoms with Crippen LogP contribution in [0, 0.1) is 20.8 Å². The molecular weight excluding hydrogens is 386 g/mol. The Kier molecular flexibility index (Phi) is 4.48. The molecule has 0 spiro atoms. The Morgan fingerprint density at radius 1 is 0.923 bits per heavy atom. The molecule has 1 aromatic rings. The van der Waals surface area contributed by atoms with Crippen molar-refractivity contribution in [2.24, 2.45) is 0 Å². The van der Waals surface area contributed by atoms with Gasteiger partial charge in [0.2, 0.25) is 0 Å². The van der Waals surface area contributed by atoms with E-state index in [-0.39, 0.29) is 0 Å². The van der Waals surface area contributed by atoms with Gasteiger partial charge in [0.1, 0.15) is 0 Å². The third-order valence-corrected chi connectivity index (χ3v) is 4.08. The molecule has 0 atom stereocenters. The summed E-state index contributed by atoms with van der Waals surface area (Å²) in [6.07, 6.45) is 0. The van der Waals surface area contributed by atoms with E-state index in [9.17, 15) is 0 Å². The van der Waals surface area contributed by atoms with E-state index in [1.807, 2.05) is 0 Å². The summed E-state index contributed by atoms with van der Waals surface area (Å²) in [6, 6.07) is 2.31. The molecule has 0 saturated carbocycles. The molecule has 0 radical (unpaired) electrons. The van der Waals surface area contributed by atoms with Crippen LogP contribution < -0.4 is 0 Å².